The van der Waals surface area contributed by atoms with E-state index in [0.717, 1.165) is 48.4 Å². The van der Waals surface area contributed by atoms with E-state index in [1.807, 2.05) is 33.7 Å². The quantitative estimate of drug-likeness (QED) is 0.572. The Morgan fingerprint density at radius 3 is 2.47 bits per heavy atom. The summed E-state index contributed by atoms with van der Waals surface area (Å²) in [6.07, 6.45) is -0.655. The lowest BCUT2D eigenvalue weighted by Gasteiger charge is -2.35. The molecule has 3 aromatic rings. The molecule has 2 aromatic heterocycles. The standard InChI is InChI=1S/C23H26F3N5O/c1-2-3-8-21-28-18-6-4-5-7-19(18)31(21)16-22(32)30-13-11-29(12-14-30)20-10-9-17(15-27-20)23(24,25)26/h4-7,9-10,15H,2-3,8,11-14,16H2,1H3. The van der Waals surface area contributed by atoms with Gasteiger partial charge in [-0.1, -0.05) is 25.5 Å². The van der Waals surface area contributed by atoms with E-state index in [2.05, 4.69) is 11.9 Å². The third-order valence-corrected chi connectivity index (χ3v) is 5.81. The molecule has 0 N–H and O–H groups in total. The van der Waals surface area contributed by atoms with Gasteiger partial charge in [0.2, 0.25) is 5.91 Å². The van der Waals surface area contributed by atoms with Crippen LogP contribution in [0.15, 0.2) is 42.6 Å². The summed E-state index contributed by atoms with van der Waals surface area (Å²) in [6.45, 7) is 4.41. The van der Waals surface area contributed by atoms with Crippen molar-refractivity contribution in [2.75, 3.05) is 31.1 Å². The summed E-state index contributed by atoms with van der Waals surface area (Å²) in [5, 5.41) is 0. The first kappa shape index (κ1) is 22.1. The predicted octanol–water partition coefficient (Wildman–Crippen LogP) is 4.14. The largest absolute Gasteiger partial charge is 0.417 e. The molecule has 0 aliphatic carbocycles. The summed E-state index contributed by atoms with van der Waals surface area (Å²) < 4.78 is 40.3. The van der Waals surface area contributed by atoms with E-state index >= 15 is 0 Å². The van der Waals surface area contributed by atoms with Gasteiger partial charge in [-0.15, -0.1) is 0 Å². The van der Waals surface area contributed by atoms with Gasteiger partial charge in [-0.3, -0.25) is 4.79 Å². The van der Waals surface area contributed by atoms with Crippen LogP contribution in [0, 0.1) is 0 Å². The molecule has 1 aliphatic rings. The number of para-hydroxylation sites is 2. The molecular formula is C23H26F3N5O. The Bertz CT molecular complexity index is 1070. The van der Waals surface area contributed by atoms with Gasteiger partial charge in [0.1, 0.15) is 18.2 Å². The molecule has 0 radical (unpaired) electrons. The molecule has 6 nitrogen and oxygen atoms in total. The van der Waals surface area contributed by atoms with E-state index in [-0.39, 0.29) is 12.5 Å². The van der Waals surface area contributed by atoms with Crippen LogP contribution < -0.4 is 4.90 Å². The fourth-order valence-corrected chi connectivity index (χ4v) is 3.99. The van der Waals surface area contributed by atoms with E-state index in [0.29, 0.717) is 32.0 Å². The Labute approximate surface area is 184 Å². The first-order valence-electron chi connectivity index (χ1n) is 10.9. The molecule has 32 heavy (non-hydrogen) atoms. The maximum absolute atomic E-state index is 13.1. The average Bonchev–Trinajstić information content (AvgIpc) is 3.14. The minimum atomic E-state index is -4.40. The van der Waals surface area contributed by atoms with Crippen molar-refractivity contribution >= 4 is 22.8 Å². The molecular weight excluding hydrogens is 419 g/mol. The first-order chi connectivity index (χ1) is 15.4. The number of carbonyl (C=O) groups is 1. The lowest BCUT2D eigenvalue weighted by Crippen LogP contribution is -2.49. The number of halogens is 3. The smallest absolute Gasteiger partial charge is 0.353 e. The van der Waals surface area contributed by atoms with Gasteiger partial charge >= 0.3 is 6.18 Å². The molecule has 3 heterocycles. The predicted molar refractivity (Wildman–Crippen MR) is 116 cm³/mol. The second kappa shape index (κ2) is 9.18. The Morgan fingerprint density at radius 2 is 1.81 bits per heavy atom. The van der Waals surface area contributed by atoms with Crippen molar-refractivity contribution < 1.29 is 18.0 Å². The van der Waals surface area contributed by atoms with Crippen molar-refractivity contribution in [3.05, 3.63) is 54.0 Å². The molecule has 1 saturated heterocycles. The second-order valence-electron chi connectivity index (χ2n) is 7.98. The summed E-state index contributed by atoms with van der Waals surface area (Å²) in [6, 6.07) is 10.3. The lowest BCUT2D eigenvalue weighted by molar-refractivity contribution is -0.138. The zero-order valence-electron chi connectivity index (χ0n) is 18.0. The molecule has 1 fully saturated rings. The maximum atomic E-state index is 13.1. The van der Waals surface area contributed by atoms with Crippen molar-refractivity contribution in [2.45, 2.75) is 38.9 Å². The average molecular weight is 445 g/mol. The second-order valence-corrected chi connectivity index (χ2v) is 7.98. The number of fused-ring (bicyclic) bond motifs is 1. The third kappa shape index (κ3) is 4.71. The minimum absolute atomic E-state index is 0.0194. The molecule has 0 unspecified atom stereocenters. The molecule has 4 rings (SSSR count). The van der Waals surface area contributed by atoms with Gasteiger partial charge in [-0.25, -0.2) is 9.97 Å². The van der Waals surface area contributed by atoms with Gasteiger partial charge in [0.25, 0.3) is 0 Å². The van der Waals surface area contributed by atoms with Crippen LogP contribution in [0.3, 0.4) is 0 Å². The topological polar surface area (TPSA) is 54.3 Å². The fourth-order valence-electron chi connectivity index (χ4n) is 3.99. The number of hydrogen-bond acceptors (Lipinski definition) is 4. The van der Waals surface area contributed by atoms with Crippen LogP contribution in [0.1, 0.15) is 31.2 Å². The zero-order chi connectivity index (χ0) is 22.7. The molecule has 0 bridgehead atoms. The molecule has 1 aromatic carbocycles. The van der Waals surface area contributed by atoms with Crippen molar-refractivity contribution in [3.8, 4) is 0 Å². The number of aromatic nitrogens is 3. The van der Waals surface area contributed by atoms with Crippen LogP contribution in [0.25, 0.3) is 11.0 Å². The van der Waals surface area contributed by atoms with Gasteiger partial charge in [0.15, 0.2) is 0 Å². The number of hydrogen-bond donors (Lipinski definition) is 0. The van der Waals surface area contributed by atoms with E-state index in [1.165, 1.54) is 6.07 Å². The molecule has 170 valence electrons. The number of rotatable bonds is 6. The summed E-state index contributed by atoms with van der Waals surface area (Å²) in [5.41, 5.74) is 1.09. The number of benzene rings is 1. The summed E-state index contributed by atoms with van der Waals surface area (Å²) in [5.74, 6) is 1.44. The molecule has 0 saturated carbocycles. The normalized spacial score (nSPS) is 14.9. The Morgan fingerprint density at radius 1 is 1.06 bits per heavy atom. The van der Waals surface area contributed by atoms with Crippen molar-refractivity contribution in [1.82, 2.24) is 19.4 Å². The molecule has 9 heteroatoms. The van der Waals surface area contributed by atoms with Crippen molar-refractivity contribution in [3.63, 3.8) is 0 Å². The Kier molecular flexibility index (Phi) is 6.34. The molecule has 1 aliphatic heterocycles. The van der Waals surface area contributed by atoms with Crippen LogP contribution in [0.5, 0.6) is 0 Å². The summed E-state index contributed by atoms with van der Waals surface area (Å²) >= 11 is 0. The van der Waals surface area contributed by atoms with Crippen LogP contribution in [-0.2, 0) is 23.9 Å². The number of alkyl halides is 3. The number of carbonyl (C=O) groups excluding carboxylic acids is 1. The first-order valence-corrected chi connectivity index (χ1v) is 10.9. The number of anilines is 1. The Balaban J connectivity index is 1.41. The van der Waals surface area contributed by atoms with Crippen LogP contribution in [0.4, 0.5) is 19.0 Å². The van der Waals surface area contributed by atoms with Gasteiger partial charge in [-0.05, 0) is 30.7 Å². The highest BCUT2D eigenvalue weighted by atomic mass is 19.4. The van der Waals surface area contributed by atoms with E-state index < -0.39 is 11.7 Å². The molecule has 0 spiro atoms. The molecule has 1 amide bonds. The fraction of sp³-hybridized carbons (Fsp3) is 0.435. The highest BCUT2D eigenvalue weighted by molar-refractivity contribution is 5.81. The van der Waals surface area contributed by atoms with E-state index in [4.69, 9.17) is 4.98 Å². The van der Waals surface area contributed by atoms with E-state index in [9.17, 15) is 18.0 Å². The number of pyridine rings is 1. The number of aryl methyl sites for hydroxylation is 1. The van der Waals surface area contributed by atoms with E-state index in [1.54, 1.807) is 4.90 Å². The van der Waals surface area contributed by atoms with Crippen LogP contribution >= 0.6 is 0 Å². The zero-order valence-corrected chi connectivity index (χ0v) is 18.0. The maximum Gasteiger partial charge on any atom is 0.417 e. The van der Waals surface area contributed by atoms with Gasteiger partial charge in [0, 0.05) is 38.8 Å². The third-order valence-electron chi connectivity index (χ3n) is 5.81. The van der Waals surface area contributed by atoms with Crippen LogP contribution in [0.2, 0.25) is 0 Å². The van der Waals surface area contributed by atoms with Crippen LogP contribution in [-0.4, -0.2) is 51.5 Å². The number of amides is 1. The van der Waals surface area contributed by atoms with Crippen molar-refractivity contribution in [2.24, 2.45) is 0 Å². The highest BCUT2D eigenvalue weighted by Crippen LogP contribution is 2.29. The Hall–Kier alpha value is -3.10. The summed E-state index contributed by atoms with van der Waals surface area (Å²) in [4.78, 5) is 25.4. The van der Waals surface area contributed by atoms with Gasteiger partial charge in [0.05, 0.1) is 16.6 Å². The summed E-state index contributed by atoms with van der Waals surface area (Å²) in [7, 11) is 0. The van der Waals surface area contributed by atoms with Crippen molar-refractivity contribution in [1.29, 1.82) is 0 Å². The molecule has 0 atom stereocenters. The number of nitrogens with zero attached hydrogens (tertiary/aromatic N) is 5. The number of piperazine rings is 1. The number of unbranched alkanes of at least 4 members (excludes halogenated alkanes) is 1. The minimum Gasteiger partial charge on any atom is -0.353 e. The SMILES string of the molecule is CCCCc1nc2ccccc2n1CC(=O)N1CCN(c2ccc(C(F)(F)F)cn2)CC1. The number of imidazole rings is 1. The van der Waals surface area contributed by atoms with Gasteiger partial charge < -0.3 is 14.4 Å². The lowest BCUT2D eigenvalue weighted by atomic mass is 10.2. The monoisotopic (exact) mass is 445 g/mol. The van der Waals surface area contributed by atoms with Gasteiger partial charge in [-0.2, -0.15) is 13.2 Å². The highest BCUT2D eigenvalue weighted by Gasteiger charge is 2.31.